The third-order valence-electron chi connectivity index (χ3n) is 3.40. The van der Waals surface area contributed by atoms with Gasteiger partial charge in [0, 0.05) is 24.2 Å². The topological polar surface area (TPSA) is 62.4 Å². The van der Waals surface area contributed by atoms with E-state index in [4.69, 9.17) is 5.73 Å². The molecule has 17 heavy (non-hydrogen) atoms. The zero-order chi connectivity index (χ0) is 11.6. The fraction of sp³-hybridized carbons (Fsp3) is 0.727. The molecule has 0 aromatic carbocycles. The molecule has 0 unspecified atom stereocenters. The molecule has 1 aliphatic heterocycles. The van der Waals surface area contributed by atoms with Gasteiger partial charge in [-0.1, -0.05) is 6.92 Å². The number of aliphatic hydroxyl groups excluding tert-OH is 1. The molecule has 1 aliphatic rings. The van der Waals surface area contributed by atoms with Crippen LogP contribution in [0.25, 0.3) is 0 Å². The summed E-state index contributed by atoms with van der Waals surface area (Å²) < 4.78 is 0. The molecule has 98 valence electrons. The van der Waals surface area contributed by atoms with Gasteiger partial charge in [0.2, 0.25) is 0 Å². The highest BCUT2D eigenvalue weighted by Crippen LogP contribution is 2.31. The van der Waals surface area contributed by atoms with Crippen LogP contribution in [0.5, 0.6) is 0 Å². The van der Waals surface area contributed by atoms with Crippen LogP contribution < -0.4 is 5.73 Å². The van der Waals surface area contributed by atoms with Crippen molar-refractivity contribution in [2.45, 2.75) is 26.3 Å². The molecule has 6 heteroatoms. The number of halogens is 1. The van der Waals surface area contributed by atoms with Gasteiger partial charge in [0.25, 0.3) is 0 Å². The Hall–Kier alpha value is -0.360. The van der Waals surface area contributed by atoms with Gasteiger partial charge in [0.05, 0.1) is 0 Å². The van der Waals surface area contributed by atoms with Crippen LogP contribution in [0.3, 0.4) is 0 Å². The minimum Gasteiger partial charge on any atom is -0.396 e. The monoisotopic (exact) mass is 277 g/mol. The van der Waals surface area contributed by atoms with Crippen molar-refractivity contribution in [3.05, 3.63) is 11.1 Å². The quantitative estimate of drug-likeness (QED) is 0.883. The fourth-order valence-electron chi connectivity index (χ4n) is 2.03. The maximum atomic E-state index is 9.29. The fourth-order valence-corrected chi connectivity index (χ4v) is 2.75. The number of nitrogens with two attached hydrogens (primary N) is 1. The van der Waals surface area contributed by atoms with E-state index in [1.807, 2.05) is 6.20 Å². The molecule has 0 aliphatic carbocycles. The molecule has 2 heterocycles. The van der Waals surface area contributed by atoms with Gasteiger partial charge in [-0.05, 0) is 31.3 Å². The lowest BCUT2D eigenvalue weighted by atomic mass is 9.81. The number of hydrogen-bond acceptors (Lipinski definition) is 5. The second-order valence-electron chi connectivity index (χ2n) is 4.91. The SMILES string of the molecule is CC1(CO)CCN(Cc2cnc(N)s2)CC1.Cl. The van der Waals surface area contributed by atoms with E-state index in [0.717, 1.165) is 32.5 Å². The van der Waals surface area contributed by atoms with Crippen LogP contribution in [0.15, 0.2) is 6.20 Å². The van der Waals surface area contributed by atoms with Crippen LogP contribution in [0.2, 0.25) is 0 Å². The van der Waals surface area contributed by atoms with Crippen molar-refractivity contribution in [1.82, 2.24) is 9.88 Å². The molecule has 1 fully saturated rings. The lowest BCUT2D eigenvalue weighted by Gasteiger charge is -2.37. The molecule has 2 rings (SSSR count). The summed E-state index contributed by atoms with van der Waals surface area (Å²) in [6.07, 6.45) is 4.00. The average Bonchev–Trinajstić information content (AvgIpc) is 2.68. The number of nitrogen functional groups attached to an aromatic ring is 1. The molecule has 1 aromatic rings. The van der Waals surface area contributed by atoms with Crippen molar-refractivity contribution in [3.8, 4) is 0 Å². The third kappa shape index (κ3) is 3.81. The Kier molecular flexibility index (Phi) is 5.19. The molecule has 3 N–H and O–H groups in total. The number of thiazole rings is 1. The number of nitrogens with zero attached hydrogens (tertiary/aromatic N) is 2. The number of aromatic nitrogens is 1. The zero-order valence-electron chi connectivity index (χ0n) is 10.1. The second-order valence-corrected chi connectivity index (χ2v) is 6.06. The summed E-state index contributed by atoms with van der Waals surface area (Å²) in [7, 11) is 0. The van der Waals surface area contributed by atoms with E-state index in [0.29, 0.717) is 11.7 Å². The Balaban J connectivity index is 0.00000144. The van der Waals surface area contributed by atoms with Gasteiger partial charge in [0.15, 0.2) is 5.13 Å². The first-order valence-electron chi connectivity index (χ1n) is 5.65. The Labute approximate surface area is 112 Å². The van der Waals surface area contributed by atoms with Gasteiger partial charge in [-0.2, -0.15) is 0 Å². The van der Waals surface area contributed by atoms with Crippen molar-refractivity contribution >= 4 is 28.9 Å². The van der Waals surface area contributed by atoms with Crippen LogP contribution in [0, 0.1) is 5.41 Å². The van der Waals surface area contributed by atoms with Gasteiger partial charge < -0.3 is 10.8 Å². The van der Waals surface area contributed by atoms with Crippen LogP contribution in [-0.2, 0) is 6.54 Å². The summed E-state index contributed by atoms with van der Waals surface area (Å²) in [5, 5.41) is 9.93. The second kappa shape index (κ2) is 6.00. The van der Waals surface area contributed by atoms with E-state index < -0.39 is 0 Å². The summed E-state index contributed by atoms with van der Waals surface area (Å²) in [5.41, 5.74) is 5.73. The van der Waals surface area contributed by atoms with Gasteiger partial charge in [-0.3, -0.25) is 4.90 Å². The molecule has 0 radical (unpaired) electrons. The maximum Gasteiger partial charge on any atom is 0.180 e. The smallest absolute Gasteiger partial charge is 0.180 e. The summed E-state index contributed by atoms with van der Waals surface area (Å²) in [6, 6.07) is 0. The van der Waals surface area contributed by atoms with Crippen molar-refractivity contribution < 1.29 is 5.11 Å². The van der Waals surface area contributed by atoms with E-state index >= 15 is 0 Å². The molecule has 0 spiro atoms. The molecular formula is C11H20ClN3OS. The number of anilines is 1. The van der Waals surface area contributed by atoms with E-state index in [2.05, 4.69) is 16.8 Å². The van der Waals surface area contributed by atoms with Crippen molar-refractivity contribution in [3.63, 3.8) is 0 Å². The Morgan fingerprint density at radius 1 is 1.53 bits per heavy atom. The number of likely N-dealkylation sites (tertiary alicyclic amines) is 1. The minimum absolute atomic E-state index is 0. The number of hydrogen-bond donors (Lipinski definition) is 2. The lowest BCUT2D eigenvalue weighted by Crippen LogP contribution is -2.39. The average molecular weight is 278 g/mol. The van der Waals surface area contributed by atoms with Gasteiger partial charge in [0.1, 0.15) is 0 Å². The first-order valence-corrected chi connectivity index (χ1v) is 6.46. The van der Waals surface area contributed by atoms with Crippen LogP contribution in [0.4, 0.5) is 5.13 Å². The number of piperidine rings is 1. The van der Waals surface area contributed by atoms with Crippen LogP contribution in [0.1, 0.15) is 24.6 Å². The first-order chi connectivity index (χ1) is 7.61. The molecular weight excluding hydrogens is 258 g/mol. The summed E-state index contributed by atoms with van der Waals surface area (Å²) >= 11 is 1.56. The van der Waals surface area contributed by atoms with Crippen LogP contribution >= 0.6 is 23.7 Å². The molecule has 0 atom stereocenters. The van der Waals surface area contributed by atoms with E-state index in [1.165, 1.54) is 4.88 Å². The highest BCUT2D eigenvalue weighted by Gasteiger charge is 2.29. The number of aliphatic hydroxyl groups is 1. The van der Waals surface area contributed by atoms with Crippen LogP contribution in [-0.4, -0.2) is 34.7 Å². The molecule has 0 saturated carbocycles. The summed E-state index contributed by atoms with van der Waals surface area (Å²) in [4.78, 5) is 7.69. The zero-order valence-corrected chi connectivity index (χ0v) is 11.7. The third-order valence-corrected chi connectivity index (χ3v) is 4.21. The van der Waals surface area contributed by atoms with Crippen molar-refractivity contribution in [1.29, 1.82) is 0 Å². The largest absolute Gasteiger partial charge is 0.396 e. The molecule has 1 saturated heterocycles. The van der Waals surface area contributed by atoms with Gasteiger partial charge in [-0.25, -0.2) is 4.98 Å². The Bertz CT molecular complexity index is 350. The first kappa shape index (κ1) is 14.7. The molecule has 0 bridgehead atoms. The maximum absolute atomic E-state index is 9.29. The van der Waals surface area contributed by atoms with E-state index in [9.17, 15) is 5.11 Å². The molecule has 0 amide bonds. The predicted octanol–water partition coefficient (Wildman–Crippen LogP) is 1.74. The highest BCUT2D eigenvalue weighted by atomic mass is 35.5. The number of rotatable bonds is 3. The summed E-state index contributed by atoms with van der Waals surface area (Å²) in [5.74, 6) is 0. The van der Waals surface area contributed by atoms with E-state index in [1.54, 1.807) is 11.3 Å². The van der Waals surface area contributed by atoms with Gasteiger partial charge in [-0.15, -0.1) is 23.7 Å². The van der Waals surface area contributed by atoms with E-state index in [-0.39, 0.29) is 17.8 Å². The lowest BCUT2D eigenvalue weighted by molar-refractivity contribution is 0.0561. The van der Waals surface area contributed by atoms with Crippen molar-refractivity contribution in [2.24, 2.45) is 5.41 Å². The molecule has 4 nitrogen and oxygen atoms in total. The minimum atomic E-state index is 0. The standard InChI is InChI=1S/C11H19N3OS.ClH/c1-11(8-15)2-4-14(5-3-11)7-9-6-13-10(12)16-9;/h6,15H,2-5,7-8H2,1H3,(H2,12,13);1H. The normalized spacial score (nSPS) is 19.9. The Morgan fingerprint density at radius 2 is 2.18 bits per heavy atom. The molecule has 1 aromatic heterocycles. The predicted molar refractivity (Wildman–Crippen MR) is 73.5 cm³/mol. The van der Waals surface area contributed by atoms with Gasteiger partial charge >= 0.3 is 0 Å². The van der Waals surface area contributed by atoms with Crippen molar-refractivity contribution in [2.75, 3.05) is 25.4 Å². The Morgan fingerprint density at radius 3 is 2.65 bits per heavy atom. The highest BCUT2D eigenvalue weighted by molar-refractivity contribution is 7.15. The summed E-state index contributed by atoms with van der Waals surface area (Å²) in [6.45, 7) is 5.50.